The van der Waals surface area contributed by atoms with Crippen LogP contribution in [-0.2, 0) is 11.3 Å². The van der Waals surface area contributed by atoms with Crippen molar-refractivity contribution in [3.8, 4) is 6.07 Å². The van der Waals surface area contributed by atoms with Gasteiger partial charge >= 0.3 is 0 Å². The highest BCUT2D eigenvalue weighted by Gasteiger charge is 2.26. The Hall–Kier alpha value is -3.60. The van der Waals surface area contributed by atoms with Gasteiger partial charge in [-0.25, -0.2) is 0 Å². The van der Waals surface area contributed by atoms with Gasteiger partial charge in [0.2, 0.25) is 0 Å². The molecule has 2 aliphatic rings. The highest BCUT2D eigenvalue weighted by Crippen LogP contribution is 2.27. The molecule has 0 N–H and O–H groups in total. The van der Waals surface area contributed by atoms with Crippen LogP contribution in [0.4, 0.5) is 5.69 Å². The maximum Gasteiger partial charge on any atom is 0.289 e. The van der Waals surface area contributed by atoms with Crippen molar-refractivity contribution in [2.24, 2.45) is 0 Å². The van der Waals surface area contributed by atoms with E-state index in [2.05, 4.69) is 40.1 Å². The van der Waals surface area contributed by atoms with E-state index in [0.717, 1.165) is 38.3 Å². The number of hydrogen-bond acceptors (Lipinski definition) is 6. The number of nitriles is 1. The van der Waals surface area contributed by atoms with Crippen LogP contribution < -0.4 is 4.90 Å². The Balaban J connectivity index is 1.27. The highest BCUT2D eigenvalue weighted by atomic mass is 16.5. The van der Waals surface area contributed by atoms with E-state index in [4.69, 9.17) is 14.4 Å². The van der Waals surface area contributed by atoms with Crippen LogP contribution in [0.5, 0.6) is 0 Å². The average molecular weight is 485 g/mol. The molecule has 2 aliphatic heterocycles. The highest BCUT2D eigenvalue weighted by molar-refractivity contribution is 5.91. The number of benzene rings is 2. The molecule has 3 aromatic rings. The third-order valence-corrected chi connectivity index (χ3v) is 7.06. The molecule has 3 heterocycles. The average Bonchev–Trinajstić information content (AvgIpc) is 3.67. The third-order valence-electron chi connectivity index (χ3n) is 7.06. The minimum absolute atomic E-state index is 0.0495. The zero-order valence-electron chi connectivity index (χ0n) is 20.5. The fourth-order valence-electron chi connectivity index (χ4n) is 4.95. The first-order valence-corrected chi connectivity index (χ1v) is 12.7. The van der Waals surface area contributed by atoms with Crippen LogP contribution in [-0.4, -0.2) is 61.5 Å². The zero-order chi connectivity index (χ0) is 24.7. The van der Waals surface area contributed by atoms with Gasteiger partial charge < -0.3 is 19.0 Å². The number of carbonyl (C=O) groups is 1. The number of amides is 1. The van der Waals surface area contributed by atoms with Crippen molar-refractivity contribution < 1.29 is 13.9 Å². The standard InChI is InChI=1S/C29H32N4O3/c30-20-23-8-10-24(11-9-23)22-36-28(25-5-3-6-26(19-25)32-12-1-2-13-32)21-31-14-16-33(17-15-31)29(34)27-7-4-18-35-27/h3-11,18-19,28H,1-2,12-17,21-22H2. The lowest BCUT2D eigenvalue weighted by atomic mass is 10.1. The lowest BCUT2D eigenvalue weighted by Crippen LogP contribution is -2.49. The maximum absolute atomic E-state index is 12.6. The van der Waals surface area contributed by atoms with Crippen molar-refractivity contribution >= 4 is 11.6 Å². The molecule has 7 nitrogen and oxygen atoms in total. The second-order valence-corrected chi connectivity index (χ2v) is 9.47. The largest absolute Gasteiger partial charge is 0.459 e. The number of furan rings is 1. The van der Waals surface area contributed by atoms with E-state index in [1.54, 1.807) is 12.1 Å². The molecule has 186 valence electrons. The Kier molecular flexibility index (Phi) is 7.65. The van der Waals surface area contributed by atoms with Gasteiger partial charge in [-0.15, -0.1) is 0 Å². The minimum Gasteiger partial charge on any atom is -0.459 e. The molecule has 7 heteroatoms. The number of ether oxygens (including phenoxy) is 1. The topological polar surface area (TPSA) is 73.0 Å². The molecule has 1 amide bonds. The lowest BCUT2D eigenvalue weighted by Gasteiger charge is -2.36. The molecule has 0 saturated carbocycles. The molecule has 36 heavy (non-hydrogen) atoms. The normalized spacial score (nSPS) is 17.2. The summed E-state index contributed by atoms with van der Waals surface area (Å²) in [6, 6.07) is 21.9. The Morgan fingerprint density at radius 2 is 1.75 bits per heavy atom. The fourth-order valence-corrected chi connectivity index (χ4v) is 4.95. The molecule has 1 unspecified atom stereocenters. The molecule has 0 radical (unpaired) electrons. The predicted octanol–water partition coefficient (Wildman–Crippen LogP) is 4.47. The summed E-state index contributed by atoms with van der Waals surface area (Å²) in [5, 5.41) is 9.08. The van der Waals surface area contributed by atoms with Crippen LogP contribution in [0.3, 0.4) is 0 Å². The number of piperazine rings is 1. The van der Waals surface area contributed by atoms with E-state index in [1.165, 1.54) is 30.4 Å². The third kappa shape index (κ3) is 5.78. The van der Waals surface area contributed by atoms with Gasteiger partial charge in [-0.3, -0.25) is 9.69 Å². The van der Waals surface area contributed by atoms with E-state index < -0.39 is 0 Å². The van der Waals surface area contributed by atoms with E-state index >= 15 is 0 Å². The van der Waals surface area contributed by atoms with E-state index in [1.807, 2.05) is 29.2 Å². The fraction of sp³-hybridized carbons (Fsp3) is 0.379. The van der Waals surface area contributed by atoms with Crippen molar-refractivity contribution in [3.63, 3.8) is 0 Å². The molecule has 2 aromatic carbocycles. The molecule has 2 fully saturated rings. The van der Waals surface area contributed by atoms with Gasteiger partial charge in [0.05, 0.1) is 30.6 Å². The molecule has 0 bridgehead atoms. The van der Waals surface area contributed by atoms with E-state index in [-0.39, 0.29) is 12.0 Å². The summed E-state index contributed by atoms with van der Waals surface area (Å²) in [6.45, 7) is 6.33. The van der Waals surface area contributed by atoms with Crippen molar-refractivity contribution in [3.05, 3.63) is 89.4 Å². The molecule has 2 saturated heterocycles. The summed E-state index contributed by atoms with van der Waals surface area (Å²) >= 11 is 0. The predicted molar refractivity (Wildman–Crippen MR) is 138 cm³/mol. The Morgan fingerprint density at radius 3 is 2.44 bits per heavy atom. The smallest absolute Gasteiger partial charge is 0.289 e. The van der Waals surface area contributed by atoms with Gasteiger partial charge in [-0.1, -0.05) is 24.3 Å². The van der Waals surface area contributed by atoms with Gasteiger partial charge in [0.1, 0.15) is 0 Å². The first kappa shape index (κ1) is 24.1. The van der Waals surface area contributed by atoms with Gasteiger partial charge in [0.15, 0.2) is 5.76 Å². The van der Waals surface area contributed by atoms with E-state index in [9.17, 15) is 4.79 Å². The molecule has 0 spiro atoms. The lowest BCUT2D eigenvalue weighted by molar-refractivity contribution is 0.00312. The maximum atomic E-state index is 12.6. The van der Waals surface area contributed by atoms with Crippen molar-refractivity contribution in [2.75, 3.05) is 50.7 Å². The summed E-state index contributed by atoms with van der Waals surface area (Å²) in [4.78, 5) is 19.3. The van der Waals surface area contributed by atoms with Crippen LogP contribution in [0.15, 0.2) is 71.3 Å². The minimum atomic E-state index is -0.101. The summed E-state index contributed by atoms with van der Waals surface area (Å²) in [6.07, 6.45) is 3.92. The Bertz CT molecular complexity index is 1170. The molecule has 0 aliphatic carbocycles. The van der Waals surface area contributed by atoms with Gasteiger partial charge in [0, 0.05) is 51.5 Å². The summed E-state index contributed by atoms with van der Waals surface area (Å²) in [7, 11) is 0. The van der Waals surface area contributed by atoms with Crippen LogP contribution in [0.1, 0.15) is 46.2 Å². The first-order chi connectivity index (χ1) is 17.7. The number of hydrogen-bond donors (Lipinski definition) is 0. The second kappa shape index (κ2) is 11.4. The quantitative estimate of drug-likeness (QED) is 0.470. The van der Waals surface area contributed by atoms with Crippen LogP contribution in [0.2, 0.25) is 0 Å². The van der Waals surface area contributed by atoms with Gasteiger partial charge in [-0.05, 0) is 60.4 Å². The summed E-state index contributed by atoms with van der Waals surface area (Å²) in [5.74, 6) is 0.345. The molecule has 5 rings (SSSR count). The zero-order valence-corrected chi connectivity index (χ0v) is 20.5. The van der Waals surface area contributed by atoms with Crippen LogP contribution in [0, 0.1) is 11.3 Å². The van der Waals surface area contributed by atoms with Gasteiger partial charge in [-0.2, -0.15) is 5.26 Å². The Labute approximate surface area is 212 Å². The summed E-state index contributed by atoms with van der Waals surface area (Å²) in [5.41, 5.74) is 4.12. The van der Waals surface area contributed by atoms with Crippen molar-refractivity contribution in [2.45, 2.75) is 25.6 Å². The first-order valence-electron chi connectivity index (χ1n) is 12.7. The van der Waals surface area contributed by atoms with Gasteiger partial charge in [0.25, 0.3) is 5.91 Å². The van der Waals surface area contributed by atoms with E-state index in [0.29, 0.717) is 31.0 Å². The van der Waals surface area contributed by atoms with Crippen LogP contribution >= 0.6 is 0 Å². The molecular weight excluding hydrogens is 452 g/mol. The van der Waals surface area contributed by atoms with Crippen LogP contribution in [0.25, 0.3) is 0 Å². The number of nitrogens with zero attached hydrogens (tertiary/aromatic N) is 4. The Morgan fingerprint density at radius 1 is 0.972 bits per heavy atom. The number of rotatable bonds is 8. The van der Waals surface area contributed by atoms with Crippen molar-refractivity contribution in [1.82, 2.24) is 9.80 Å². The monoisotopic (exact) mass is 484 g/mol. The number of anilines is 1. The molecule has 1 aromatic heterocycles. The second-order valence-electron chi connectivity index (χ2n) is 9.47. The molecular formula is C29H32N4O3. The molecule has 1 atom stereocenters. The SMILES string of the molecule is N#Cc1ccc(COC(CN2CCN(C(=O)c3ccco3)CC2)c2cccc(N3CCCC3)c2)cc1. The number of carbonyl (C=O) groups excluding carboxylic acids is 1. The summed E-state index contributed by atoms with van der Waals surface area (Å²) < 4.78 is 11.8. The van der Waals surface area contributed by atoms with Crippen molar-refractivity contribution in [1.29, 1.82) is 5.26 Å².